The van der Waals surface area contributed by atoms with E-state index in [-0.39, 0.29) is 31.0 Å². The number of carboxylic acids is 1. The first-order valence-electron chi connectivity index (χ1n) is 8.93. The van der Waals surface area contributed by atoms with Gasteiger partial charge in [-0.25, -0.2) is 4.79 Å². The van der Waals surface area contributed by atoms with Gasteiger partial charge in [0.15, 0.2) is 0 Å². The van der Waals surface area contributed by atoms with Crippen molar-refractivity contribution in [1.82, 2.24) is 10.2 Å². The Hall–Kier alpha value is -2.32. The first-order valence-corrected chi connectivity index (χ1v) is 9.31. The molecule has 27 heavy (non-hydrogen) atoms. The lowest BCUT2D eigenvalue weighted by molar-refractivity contribution is -0.137. The predicted molar refractivity (Wildman–Crippen MR) is 99.3 cm³/mol. The van der Waals surface area contributed by atoms with E-state index in [9.17, 15) is 14.4 Å². The highest BCUT2D eigenvalue weighted by molar-refractivity contribution is 6.34. The number of carbonyl (C=O) groups is 3. The number of rotatable bonds is 7. The molecule has 2 fully saturated rings. The van der Waals surface area contributed by atoms with E-state index in [0.29, 0.717) is 42.5 Å². The van der Waals surface area contributed by atoms with E-state index < -0.39 is 5.97 Å². The quantitative estimate of drug-likeness (QED) is 0.735. The highest BCUT2D eigenvalue weighted by atomic mass is 35.5. The molecule has 8 nitrogen and oxygen atoms in total. The summed E-state index contributed by atoms with van der Waals surface area (Å²) in [7, 11) is 0. The monoisotopic (exact) mass is 395 g/mol. The molecule has 1 atom stereocenters. The number of carboxylic acid groups (broad SMARTS) is 1. The topological polar surface area (TPSA) is 99.2 Å². The lowest BCUT2D eigenvalue weighted by Crippen LogP contribution is -2.39. The Balaban J connectivity index is 1.81. The Morgan fingerprint density at radius 1 is 1.41 bits per heavy atom. The summed E-state index contributed by atoms with van der Waals surface area (Å²) in [6.45, 7) is 2.07. The van der Waals surface area contributed by atoms with Crippen LogP contribution in [0.5, 0.6) is 0 Å². The third kappa shape index (κ3) is 4.70. The summed E-state index contributed by atoms with van der Waals surface area (Å²) in [6.07, 6.45) is 1.55. The first-order chi connectivity index (χ1) is 13.0. The van der Waals surface area contributed by atoms with Gasteiger partial charge in [0.05, 0.1) is 23.2 Å². The van der Waals surface area contributed by atoms with Gasteiger partial charge in [-0.2, -0.15) is 0 Å². The predicted octanol–water partition coefficient (Wildman–Crippen LogP) is 1.97. The van der Waals surface area contributed by atoms with Crippen molar-refractivity contribution in [3.05, 3.63) is 28.8 Å². The molecule has 0 radical (unpaired) electrons. The van der Waals surface area contributed by atoms with Crippen LogP contribution >= 0.6 is 11.6 Å². The van der Waals surface area contributed by atoms with Gasteiger partial charge in [-0.15, -0.1) is 0 Å². The molecule has 0 spiro atoms. The van der Waals surface area contributed by atoms with Crippen molar-refractivity contribution in [2.24, 2.45) is 0 Å². The smallest absolute Gasteiger partial charge is 0.322 e. The molecule has 1 aromatic carbocycles. The number of halogens is 1. The lowest BCUT2D eigenvalue weighted by Gasteiger charge is -2.26. The summed E-state index contributed by atoms with van der Waals surface area (Å²) in [4.78, 5) is 38.9. The highest BCUT2D eigenvalue weighted by Crippen LogP contribution is 2.29. The number of anilines is 1. The molecule has 0 aromatic heterocycles. The van der Waals surface area contributed by atoms with Gasteiger partial charge in [0.25, 0.3) is 5.91 Å². The molecule has 0 saturated carbocycles. The van der Waals surface area contributed by atoms with Gasteiger partial charge >= 0.3 is 12.0 Å². The maximum Gasteiger partial charge on any atom is 0.322 e. The highest BCUT2D eigenvalue weighted by Gasteiger charge is 2.27. The van der Waals surface area contributed by atoms with Crippen molar-refractivity contribution in [3.63, 3.8) is 0 Å². The standard InChI is InChI=1S/C18H22ClN3O5/c19-14-4-3-12(10-15(14)22-8-6-20-18(22)26)17(25)21(7-5-16(23)24)11-13-2-1-9-27-13/h3-4,10,13H,1-2,5-9,11H2,(H,20,26)(H,23,24)/t13-/m1/s1. The van der Waals surface area contributed by atoms with Crippen molar-refractivity contribution in [1.29, 1.82) is 0 Å². The Morgan fingerprint density at radius 2 is 2.22 bits per heavy atom. The third-order valence-corrected chi connectivity index (χ3v) is 4.99. The number of ether oxygens (including phenoxy) is 1. The zero-order valence-corrected chi connectivity index (χ0v) is 15.6. The Labute approximate surface area is 162 Å². The van der Waals surface area contributed by atoms with Crippen LogP contribution in [0, 0.1) is 0 Å². The molecule has 1 aromatic rings. The lowest BCUT2D eigenvalue weighted by atomic mass is 10.1. The number of carbonyl (C=O) groups excluding carboxylic acids is 2. The van der Waals surface area contributed by atoms with E-state index in [1.807, 2.05) is 0 Å². The molecule has 3 rings (SSSR count). The normalized spacial score (nSPS) is 19.2. The van der Waals surface area contributed by atoms with Crippen molar-refractivity contribution in [2.45, 2.75) is 25.4 Å². The number of amides is 3. The molecule has 2 saturated heterocycles. The molecule has 0 aliphatic carbocycles. The zero-order chi connectivity index (χ0) is 19.4. The molecule has 2 aliphatic heterocycles. The minimum atomic E-state index is -0.967. The van der Waals surface area contributed by atoms with Crippen molar-refractivity contribution < 1.29 is 24.2 Å². The van der Waals surface area contributed by atoms with Gasteiger partial charge in [-0.3, -0.25) is 14.5 Å². The summed E-state index contributed by atoms with van der Waals surface area (Å²) >= 11 is 6.22. The Morgan fingerprint density at radius 3 is 2.85 bits per heavy atom. The van der Waals surface area contributed by atoms with Crippen LogP contribution in [0.1, 0.15) is 29.6 Å². The van der Waals surface area contributed by atoms with E-state index in [4.69, 9.17) is 21.4 Å². The number of nitrogens with one attached hydrogen (secondary N) is 1. The van der Waals surface area contributed by atoms with E-state index >= 15 is 0 Å². The molecule has 0 unspecified atom stereocenters. The molecule has 9 heteroatoms. The van der Waals surface area contributed by atoms with Crippen molar-refractivity contribution >= 4 is 35.2 Å². The Kier molecular flexibility index (Phi) is 6.18. The number of nitrogens with zero attached hydrogens (tertiary/aromatic N) is 2. The molecule has 3 amide bonds. The van der Waals surface area contributed by atoms with E-state index in [1.54, 1.807) is 18.2 Å². The SMILES string of the molecule is O=C(O)CCN(C[C@H]1CCCO1)C(=O)c1ccc(Cl)c(N2CCNC2=O)c1. The largest absolute Gasteiger partial charge is 0.481 e. The van der Waals surface area contributed by atoms with Crippen LogP contribution in [-0.4, -0.2) is 66.8 Å². The molecule has 2 heterocycles. The summed E-state index contributed by atoms with van der Waals surface area (Å²) in [6, 6.07) is 4.49. The second-order valence-electron chi connectivity index (χ2n) is 6.58. The fraction of sp³-hybridized carbons (Fsp3) is 0.500. The summed E-state index contributed by atoms with van der Waals surface area (Å²) in [5.41, 5.74) is 0.824. The molecular weight excluding hydrogens is 374 g/mol. The van der Waals surface area contributed by atoms with Crippen molar-refractivity contribution in [3.8, 4) is 0 Å². The number of urea groups is 1. The third-order valence-electron chi connectivity index (χ3n) is 4.67. The van der Waals surface area contributed by atoms with Gasteiger partial charge in [-0.05, 0) is 31.0 Å². The van der Waals surface area contributed by atoms with Crippen LogP contribution in [0.3, 0.4) is 0 Å². The molecule has 146 valence electrons. The maximum absolute atomic E-state index is 13.0. The molecule has 0 bridgehead atoms. The van der Waals surface area contributed by atoms with Gasteiger partial charge < -0.3 is 20.1 Å². The maximum atomic E-state index is 13.0. The number of aliphatic carboxylic acids is 1. The van der Waals surface area contributed by atoms with Gasteiger partial charge in [-0.1, -0.05) is 11.6 Å². The van der Waals surface area contributed by atoms with Crippen LogP contribution < -0.4 is 10.2 Å². The fourth-order valence-electron chi connectivity index (χ4n) is 3.28. The van der Waals surface area contributed by atoms with Crippen LogP contribution in [0.25, 0.3) is 0 Å². The zero-order valence-electron chi connectivity index (χ0n) is 14.8. The van der Waals surface area contributed by atoms with E-state index in [0.717, 1.165) is 12.8 Å². The Bertz CT molecular complexity index is 736. The van der Waals surface area contributed by atoms with Gasteiger partial charge in [0.2, 0.25) is 0 Å². The second-order valence-corrected chi connectivity index (χ2v) is 6.99. The molecule has 2 aliphatic rings. The summed E-state index contributed by atoms with van der Waals surface area (Å²) in [5, 5.41) is 12.1. The number of hydrogen-bond acceptors (Lipinski definition) is 4. The molecule has 2 N–H and O–H groups in total. The summed E-state index contributed by atoms with van der Waals surface area (Å²) in [5.74, 6) is -1.27. The van der Waals surface area contributed by atoms with Crippen LogP contribution in [0.4, 0.5) is 10.5 Å². The first kappa shape index (κ1) is 19.4. The fourth-order valence-corrected chi connectivity index (χ4v) is 3.50. The van der Waals surface area contributed by atoms with Crippen LogP contribution in [-0.2, 0) is 9.53 Å². The minimum Gasteiger partial charge on any atom is -0.481 e. The van der Waals surface area contributed by atoms with Gasteiger partial charge in [0.1, 0.15) is 0 Å². The van der Waals surface area contributed by atoms with E-state index in [2.05, 4.69) is 5.32 Å². The second kappa shape index (κ2) is 8.58. The average molecular weight is 396 g/mol. The van der Waals surface area contributed by atoms with Crippen LogP contribution in [0.2, 0.25) is 5.02 Å². The number of hydrogen-bond donors (Lipinski definition) is 2. The number of benzene rings is 1. The van der Waals surface area contributed by atoms with Crippen molar-refractivity contribution in [2.75, 3.05) is 37.7 Å². The molecular formula is C18H22ClN3O5. The van der Waals surface area contributed by atoms with Gasteiger partial charge in [0, 0.05) is 38.3 Å². The average Bonchev–Trinajstić information content (AvgIpc) is 3.30. The van der Waals surface area contributed by atoms with Crippen LogP contribution in [0.15, 0.2) is 18.2 Å². The summed E-state index contributed by atoms with van der Waals surface area (Å²) < 4.78 is 5.59. The van der Waals surface area contributed by atoms with E-state index in [1.165, 1.54) is 9.80 Å². The minimum absolute atomic E-state index is 0.0844.